The van der Waals surface area contributed by atoms with Gasteiger partial charge in [-0.15, -0.1) is 0 Å². The van der Waals surface area contributed by atoms with Gasteiger partial charge in [0.1, 0.15) is 17.5 Å². The predicted molar refractivity (Wildman–Crippen MR) is 118 cm³/mol. The van der Waals surface area contributed by atoms with Crippen LogP contribution in [0.2, 0.25) is 0 Å². The average molecular weight is 423 g/mol. The third-order valence-corrected chi connectivity index (χ3v) is 5.33. The van der Waals surface area contributed by atoms with Gasteiger partial charge >= 0.3 is 0 Å². The van der Waals surface area contributed by atoms with Gasteiger partial charge in [0, 0.05) is 38.5 Å². The molecule has 0 aliphatic carbocycles. The third-order valence-electron chi connectivity index (χ3n) is 5.33. The summed E-state index contributed by atoms with van der Waals surface area (Å²) in [6.07, 6.45) is 7.35. The molecule has 3 N–H and O–H groups in total. The van der Waals surface area contributed by atoms with Crippen molar-refractivity contribution in [1.82, 2.24) is 30.4 Å². The number of carbonyl (C=O) groups is 1. The van der Waals surface area contributed by atoms with Crippen LogP contribution in [0, 0.1) is 0 Å². The number of aliphatic imine (C=N–C) groups is 1. The first kappa shape index (κ1) is 20.9. The summed E-state index contributed by atoms with van der Waals surface area (Å²) in [6, 6.07) is 7.97. The number of imidazole rings is 1. The van der Waals surface area contributed by atoms with Crippen LogP contribution in [-0.4, -0.2) is 63.2 Å². The molecule has 0 bridgehead atoms. The number of aromatic nitrogens is 4. The van der Waals surface area contributed by atoms with E-state index in [9.17, 15) is 9.18 Å². The Hall–Kier alpha value is -3.33. The molecular formula is C22H26FN7O. The fraction of sp³-hybridized carbons (Fsp3) is 0.364. The van der Waals surface area contributed by atoms with Gasteiger partial charge < -0.3 is 15.6 Å². The normalized spacial score (nSPS) is 20.4. The van der Waals surface area contributed by atoms with Crippen LogP contribution in [0.4, 0.5) is 4.39 Å². The summed E-state index contributed by atoms with van der Waals surface area (Å²) in [5.74, 6) is 0.663. The molecule has 0 saturated carbocycles. The number of hydrogen-bond donors (Lipinski definition) is 3. The van der Waals surface area contributed by atoms with E-state index in [0.717, 1.165) is 29.8 Å². The molecule has 1 aliphatic rings. The second-order valence-electron chi connectivity index (χ2n) is 7.80. The van der Waals surface area contributed by atoms with E-state index in [0.29, 0.717) is 18.7 Å². The zero-order valence-corrected chi connectivity index (χ0v) is 17.4. The van der Waals surface area contributed by atoms with E-state index < -0.39 is 11.7 Å². The van der Waals surface area contributed by atoms with Gasteiger partial charge in [-0.25, -0.2) is 9.37 Å². The highest BCUT2D eigenvalue weighted by molar-refractivity contribution is 5.93. The molecule has 3 heterocycles. The second-order valence-corrected chi connectivity index (χ2v) is 7.80. The van der Waals surface area contributed by atoms with Crippen LogP contribution in [0.1, 0.15) is 23.1 Å². The number of alkyl halides is 1. The zero-order chi connectivity index (χ0) is 21.7. The number of dihydropyridines is 1. The average Bonchev–Trinajstić information content (AvgIpc) is 3.41. The van der Waals surface area contributed by atoms with Crippen LogP contribution in [0.5, 0.6) is 0 Å². The molecule has 0 fully saturated rings. The molecule has 0 saturated heterocycles. The van der Waals surface area contributed by atoms with Crippen molar-refractivity contribution in [2.75, 3.05) is 19.6 Å². The molecule has 2 unspecified atom stereocenters. The van der Waals surface area contributed by atoms with E-state index in [1.54, 1.807) is 30.1 Å². The number of halogens is 1. The molecule has 2 atom stereocenters. The largest absolute Gasteiger partial charge is 0.349 e. The van der Waals surface area contributed by atoms with Gasteiger partial charge in [-0.1, -0.05) is 12.1 Å². The first-order valence-corrected chi connectivity index (χ1v) is 10.3. The Morgan fingerprint density at radius 1 is 1.32 bits per heavy atom. The number of hydrogen-bond acceptors (Lipinski definition) is 5. The summed E-state index contributed by atoms with van der Waals surface area (Å²) in [6.45, 7) is 3.92. The van der Waals surface area contributed by atoms with Gasteiger partial charge in [-0.3, -0.25) is 14.5 Å². The highest BCUT2D eigenvalue weighted by atomic mass is 19.1. The monoisotopic (exact) mass is 423 g/mol. The van der Waals surface area contributed by atoms with Crippen LogP contribution >= 0.6 is 0 Å². The number of amides is 1. The quantitative estimate of drug-likeness (QED) is 0.459. The third kappa shape index (κ3) is 5.05. The van der Waals surface area contributed by atoms with Crippen LogP contribution in [0.3, 0.4) is 0 Å². The van der Waals surface area contributed by atoms with E-state index in [4.69, 9.17) is 0 Å². The molecule has 9 heteroatoms. The van der Waals surface area contributed by atoms with Crippen molar-refractivity contribution < 1.29 is 9.18 Å². The lowest BCUT2D eigenvalue weighted by atomic mass is 9.94. The maximum Gasteiger partial charge on any atom is 0.254 e. The molecule has 0 radical (unpaired) electrons. The molecule has 2 aromatic heterocycles. The minimum atomic E-state index is -1.23. The number of carbonyl (C=O) groups excluding carboxylic acids is 1. The van der Waals surface area contributed by atoms with Gasteiger partial charge in [0.15, 0.2) is 0 Å². The SMILES string of the molecule is CC1(CNC(=O)c2cnn(CCNCCc3nc4ccccc4[nH]3)c2)N=CC=CC1F. The van der Waals surface area contributed by atoms with Crippen LogP contribution in [0.15, 0.2) is 53.8 Å². The highest BCUT2D eigenvalue weighted by Crippen LogP contribution is 2.21. The lowest BCUT2D eigenvalue weighted by Crippen LogP contribution is -2.46. The number of fused-ring (bicyclic) bond motifs is 1. The Balaban J connectivity index is 1.18. The number of nitrogens with zero attached hydrogens (tertiary/aromatic N) is 4. The molecule has 31 heavy (non-hydrogen) atoms. The Morgan fingerprint density at radius 3 is 3.03 bits per heavy atom. The van der Waals surface area contributed by atoms with E-state index in [-0.39, 0.29) is 12.5 Å². The van der Waals surface area contributed by atoms with Gasteiger partial charge in [-0.2, -0.15) is 5.10 Å². The molecule has 8 nitrogen and oxygen atoms in total. The number of para-hydroxylation sites is 2. The fourth-order valence-electron chi connectivity index (χ4n) is 3.40. The summed E-state index contributed by atoms with van der Waals surface area (Å²) in [7, 11) is 0. The molecular weight excluding hydrogens is 397 g/mol. The van der Waals surface area contributed by atoms with E-state index in [1.807, 2.05) is 24.3 Å². The molecule has 1 aromatic carbocycles. The topological polar surface area (TPSA) is 100.0 Å². The van der Waals surface area contributed by atoms with Gasteiger partial charge in [0.2, 0.25) is 0 Å². The number of benzene rings is 1. The Kier molecular flexibility index (Phi) is 6.22. The number of allylic oxidation sites excluding steroid dienone is 1. The van der Waals surface area contributed by atoms with Crippen molar-refractivity contribution in [3.8, 4) is 0 Å². The lowest BCUT2D eigenvalue weighted by molar-refractivity contribution is 0.0937. The fourth-order valence-corrected chi connectivity index (χ4v) is 3.40. The standard InChI is InChI=1S/C22H26FN7O/c1-22(19(23)7-4-9-26-22)15-25-21(31)16-13-27-30(14-16)12-11-24-10-8-20-28-17-5-2-3-6-18(17)29-20/h2-7,9,13-14,19,24H,8,10-12,15H2,1H3,(H,25,31)(H,28,29). The zero-order valence-electron chi connectivity index (χ0n) is 17.4. The van der Waals surface area contributed by atoms with Gasteiger partial charge in [0.25, 0.3) is 5.91 Å². The smallest absolute Gasteiger partial charge is 0.254 e. The van der Waals surface area contributed by atoms with Gasteiger partial charge in [0.05, 0.1) is 29.3 Å². The molecule has 0 spiro atoms. The van der Waals surface area contributed by atoms with Crippen LogP contribution in [0.25, 0.3) is 11.0 Å². The number of H-pyrrole nitrogens is 1. The summed E-state index contributed by atoms with van der Waals surface area (Å²) in [5.41, 5.74) is 1.48. The van der Waals surface area contributed by atoms with Crippen molar-refractivity contribution in [2.24, 2.45) is 4.99 Å². The Bertz CT molecular complexity index is 1070. The van der Waals surface area contributed by atoms with Crippen molar-refractivity contribution in [3.63, 3.8) is 0 Å². The van der Waals surface area contributed by atoms with E-state index in [1.165, 1.54) is 12.3 Å². The molecule has 4 rings (SSSR count). The summed E-state index contributed by atoms with van der Waals surface area (Å²) < 4.78 is 15.8. The van der Waals surface area contributed by atoms with Crippen LogP contribution < -0.4 is 10.6 Å². The maximum absolute atomic E-state index is 14.1. The number of aromatic amines is 1. The minimum Gasteiger partial charge on any atom is -0.349 e. The van der Waals surface area contributed by atoms with E-state index in [2.05, 4.69) is 30.7 Å². The molecule has 1 aliphatic heterocycles. The molecule has 162 valence electrons. The van der Waals surface area contributed by atoms with Gasteiger partial charge in [-0.05, 0) is 31.2 Å². The summed E-state index contributed by atoms with van der Waals surface area (Å²) >= 11 is 0. The maximum atomic E-state index is 14.1. The Morgan fingerprint density at radius 2 is 2.19 bits per heavy atom. The van der Waals surface area contributed by atoms with Crippen LogP contribution in [-0.2, 0) is 13.0 Å². The molecule has 1 amide bonds. The Labute approximate surface area is 179 Å². The van der Waals surface area contributed by atoms with Crippen molar-refractivity contribution >= 4 is 23.2 Å². The number of rotatable bonds is 9. The highest BCUT2D eigenvalue weighted by Gasteiger charge is 2.34. The van der Waals surface area contributed by atoms with Crippen molar-refractivity contribution in [1.29, 1.82) is 0 Å². The lowest BCUT2D eigenvalue weighted by Gasteiger charge is -2.29. The van der Waals surface area contributed by atoms with Crippen molar-refractivity contribution in [2.45, 2.75) is 31.6 Å². The summed E-state index contributed by atoms with van der Waals surface area (Å²) in [5, 5.41) is 10.3. The summed E-state index contributed by atoms with van der Waals surface area (Å²) in [4.78, 5) is 24.4. The number of nitrogens with one attached hydrogen (secondary N) is 3. The molecule has 3 aromatic rings. The first-order valence-electron chi connectivity index (χ1n) is 10.3. The van der Waals surface area contributed by atoms with E-state index >= 15 is 0 Å². The first-order chi connectivity index (χ1) is 15.0. The predicted octanol–water partition coefficient (Wildman–Crippen LogP) is 2.06. The van der Waals surface area contributed by atoms with Crippen molar-refractivity contribution in [3.05, 3.63) is 60.2 Å². The minimum absolute atomic E-state index is 0.113. The second kappa shape index (κ2) is 9.22.